The van der Waals surface area contributed by atoms with E-state index < -0.39 is 8.32 Å². The first kappa shape index (κ1) is 25.8. The molecular formula is C26H37NO4Si. The lowest BCUT2D eigenvalue weighted by atomic mass is 9.95. The fraction of sp³-hybridized carbons (Fsp3) is 0.462. The minimum atomic E-state index is -1.84. The van der Waals surface area contributed by atoms with E-state index in [0.29, 0.717) is 42.0 Å². The van der Waals surface area contributed by atoms with Crippen molar-refractivity contribution in [2.24, 2.45) is 0 Å². The molecule has 0 spiro atoms. The van der Waals surface area contributed by atoms with Gasteiger partial charge in [0.2, 0.25) is 0 Å². The third-order valence-electron chi connectivity index (χ3n) is 6.34. The van der Waals surface area contributed by atoms with Gasteiger partial charge in [0.05, 0.1) is 7.11 Å². The number of rotatable bonds is 10. The standard InChI is InChI=1S/C26H37NO4Si/c1-9-11-23-22(12-10-17-31-32(7,8)26(3,4)5)24(19(2)28)18-27(25(23)29)20-13-15-21(30-6)16-14-20/h9,13-16,18H,1,10-12,17H2,2-8H3. The highest BCUT2D eigenvalue weighted by atomic mass is 28.4. The van der Waals surface area contributed by atoms with Crippen molar-refractivity contribution in [3.8, 4) is 11.4 Å². The lowest BCUT2D eigenvalue weighted by molar-refractivity contribution is 0.101. The number of allylic oxidation sites excluding steroid dienone is 1. The highest BCUT2D eigenvalue weighted by Gasteiger charge is 2.36. The molecule has 0 aliphatic carbocycles. The number of carbonyl (C=O) groups is 1. The molecule has 0 fully saturated rings. The fourth-order valence-electron chi connectivity index (χ4n) is 3.37. The Morgan fingerprint density at radius 1 is 1.16 bits per heavy atom. The number of ketones is 1. The van der Waals surface area contributed by atoms with Crippen LogP contribution in [0, 0.1) is 0 Å². The molecular weight excluding hydrogens is 418 g/mol. The second kappa shape index (κ2) is 10.4. The summed E-state index contributed by atoms with van der Waals surface area (Å²) in [4.78, 5) is 25.9. The van der Waals surface area contributed by atoms with E-state index in [1.165, 1.54) is 0 Å². The van der Waals surface area contributed by atoms with Crippen LogP contribution in [0.3, 0.4) is 0 Å². The van der Waals surface area contributed by atoms with Gasteiger partial charge in [-0.1, -0.05) is 26.8 Å². The van der Waals surface area contributed by atoms with Crippen molar-refractivity contribution in [1.82, 2.24) is 4.57 Å². The number of carbonyl (C=O) groups excluding carboxylic acids is 1. The Morgan fingerprint density at radius 3 is 2.28 bits per heavy atom. The van der Waals surface area contributed by atoms with Crippen LogP contribution in [0.15, 0.2) is 47.9 Å². The largest absolute Gasteiger partial charge is 0.497 e. The van der Waals surface area contributed by atoms with Crippen molar-refractivity contribution in [3.63, 3.8) is 0 Å². The van der Waals surface area contributed by atoms with E-state index in [1.807, 2.05) is 12.1 Å². The third-order valence-corrected chi connectivity index (χ3v) is 10.9. The van der Waals surface area contributed by atoms with Gasteiger partial charge >= 0.3 is 0 Å². The van der Waals surface area contributed by atoms with Crippen LogP contribution in [-0.4, -0.2) is 32.4 Å². The highest BCUT2D eigenvalue weighted by molar-refractivity contribution is 6.74. The summed E-state index contributed by atoms with van der Waals surface area (Å²) < 4.78 is 13.1. The van der Waals surface area contributed by atoms with Crippen LogP contribution in [0.25, 0.3) is 5.69 Å². The summed E-state index contributed by atoms with van der Waals surface area (Å²) in [6.07, 6.45) is 5.17. The summed E-state index contributed by atoms with van der Waals surface area (Å²) in [5.41, 5.74) is 2.57. The topological polar surface area (TPSA) is 57.5 Å². The molecule has 5 nitrogen and oxygen atoms in total. The molecule has 1 aromatic heterocycles. The number of nitrogens with zero attached hydrogens (tertiary/aromatic N) is 1. The molecule has 0 radical (unpaired) electrons. The molecule has 0 atom stereocenters. The monoisotopic (exact) mass is 455 g/mol. The normalized spacial score (nSPS) is 12.0. The van der Waals surface area contributed by atoms with E-state index >= 15 is 0 Å². The zero-order valence-electron chi connectivity index (χ0n) is 20.6. The van der Waals surface area contributed by atoms with Crippen LogP contribution in [0.2, 0.25) is 18.1 Å². The van der Waals surface area contributed by atoms with Gasteiger partial charge in [-0.05, 0) is 74.1 Å². The molecule has 0 saturated heterocycles. The minimum absolute atomic E-state index is 0.0575. The molecule has 0 saturated carbocycles. The number of ether oxygens (including phenoxy) is 1. The maximum absolute atomic E-state index is 13.4. The van der Waals surface area contributed by atoms with Crippen molar-refractivity contribution in [2.75, 3.05) is 13.7 Å². The predicted octanol–water partition coefficient (Wildman–Crippen LogP) is 5.73. The van der Waals surface area contributed by atoms with Gasteiger partial charge in [-0.3, -0.25) is 14.2 Å². The van der Waals surface area contributed by atoms with Gasteiger partial charge in [0.15, 0.2) is 14.1 Å². The van der Waals surface area contributed by atoms with Gasteiger partial charge in [-0.25, -0.2) is 0 Å². The van der Waals surface area contributed by atoms with Crippen molar-refractivity contribution in [1.29, 1.82) is 0 Å². The molecule has 1 aromatic carbocycles. The molecule has 0 unspecified atom stereocenters. The molecule has 0 aliphatic heterocycles. The van der Waals surface area contributed by atoms with Crippen LogP contribution in [0.5, 0.6) is 5.75 Å². The van der Waals surface area contributed by atoms with Gasteiger partial charge < -0.3 is 9.16 Å². The average Bonchev–Trinajstić information content (AvgIpc) is 2.72. The Kier molecular flexibility index (Phi) is 8.43. The van der Waals surface area contributed by atoms with E-state index in [1.54, 1.807) is 43.0 Å². The number of hydrogen-bond donors (Lipinski definition) is 0. The quantitative estimate of drug-likeness (QED) is 0.199. The van der Waals surface area contributed by atoms with E-state index in [9.17, 15) is 9.59 Å². The van der Waals surface area contributed by atoms with Gasteiger partial charge in [-0.2, -0.15) is 0 Å². The van der Waals surface area contributed by atoms with Crippen LogP contribution in [0.1, 0.15) is 55.6 Å². The number of hydrogen-bond acceptors (Lipinski definition) is 4. The SMILES string of the molecule is C=CCc1c(CCCO[Si](C)(C)C(C)(C)C)c(C(C)=O)cn(-c2ccc(OC)cc2)c1=O. The second-order valence-corrected chi connectivity index (χ2v) is 14.4. The Bertz CT molecular complexity index is 1010. The zero-order chi connectivity index (χ0) is 24.1. The fourth-order valence-corrected chi connectivity index (χ4v) is 4.46. The summed E-state index contributed by atoms with van der Waals surface area (Å²) in [6, 6.07) is 7.23. The van der Waals surface area contributed by atoms with Crippen molar-refractivity contribution in [3.05, 3.63) is 70.2 Å². The molecule has 174 valence electrons. The first-order chi connectivity index (χ1) is 14.9. The van der Waals surface area contributed by atoms with Gasteiger partial charge in [0.25, 0.3) is 5.56 Å². The molecule has 0 amide bonds. The van der Waals surface area contributed by atoms with Crippen LogP contribution in [0.4, 0.5) is 0 Å². The number of aromatic nitrogens is 1. The lowest BCUT2D eigenvalue weighted by Crippen LogP contribution is -2.41. The smallest absolute Gasteiger partial charge is 0.258 e. The van der Waals surface area contributed by atoms with Crippen LogP contribution >= 0.6 is 0 Å². The minimum Gasteiger partial charge on any atom is -0.497 e. The molecule has 0 aliphatic rings. The summed E-state index contributed by atoms with van der Waals surface area (Å²) >= 11 is 0. The average molecular weight is 456 g/mol. The van der Waals surface area contributed by atoms with Crippen molar-refractivity contribution in [2.45, 2.75) is 65.1 Å². The number of methoxy groups -OCH3 is 1. The molecule has 0 bridgehead atoms. The Hall–Kier alpha value is -2.44. The maximum atomic E-state index is 13.4. The highest BCUT2D eigenvalue weighted by Crippen LogP contribution is 2.36. The third kappa shape index (κ3) is 5.87. The number of Topliss-reactive ketones (excluding diaryl/α,β-unsaturated/α-hetero) is 1. The molecule has 2 rings (SSSR count). The van der Waals surface area contributed by atoms with E-state index in [-0.39, 0.29) is 16.4 Å². The number of benzene rings is 1. The lowest BCUT2D eigenvalue weighted by Gasteiger charge is -2.36. The summed E-state index contributed by atoms with van der Waals surface area (Å²) in [6.45, 7) is 17.1. The molecule has 32 heavy (non-hydrogen) atoms. The molecule has 1 heterocycles. The Labute approximate surface area is 193 Å². The summed E-state index contributed by atoms with van der Waals surface area (Å²) in [5, 5.41) is 0.143. The zero-order valence-corrected chi connectivity index (χ0v) is 21.6. The molecule has 6 heteroatoms. The van der Waals surface area contributed by atoms with E-state index in [4.69, 9.17) is 9.16 Å². The van der Waals surface area contributed by atoms with Crippen molar-refractivity contribution >= 4 is 14.1 Å². The first-order valence-corrected chi connectivity index (χ1v) is 14.0. The molecule has 0 N–H and O–H groups in total. The van der Waals surface area contributed by atoms with Gasteiger partial charge in [0, 0.05) is 29.6 Å². The Balaban J connectivity index is 2.41. The van der Waals surface area contributed by atoms with Crippen LogP contribution < -0.4 is 10.3 Å². The second-order valence-electron chi connectivity index (χ2n) is 9.63. The van der Waals surface area contributed by atoms with Gasteiger partial charge in [0.1, 0.15) is 5.75 Å². The van der Waals surface area contributed by atoms with Crippen LogP contribution in [-0.2, 0) is 17.3 Å². The maximum Gasteiger partial charge on any atom is 0.258 e. The van der Waals surface area contributed by atoms with Gasteiger partial charge in [-0.15, -0.1) is 6.58 Å². The van der Waals surface area contributed by atoms with Crippen molar-refractivity contribution < 1.29 is 14.0 Å². The predicted molar refractivity (Wildman–Crippen MR) is 134 cm³/mol. The summed E-state index contributed by atoms with van der Waals surface area (Å²) in [7, 11) is -0.240. The van der Waals surface area contributed by atoms with E-state index in [0.717, 1.165) is 12.0 Å². The molecule has 2 aromatic rings. The van der Waals surface area contributed by atoms with E-state index in [2.05, 4.69) is 40.4 Å². The summed E-state index contributed by atoms with van der Waals surface area (Å²) in [5.74, 6) is 0.649. The number of pyridine rings is 1. The first-order valence-electron chi connectivity index (χ1n) is 11.1. The Morgan fingerprint density at radius 2 is 1.78 bits per heavy atom.